The minimum atomic E-state index is -4.37. The van der Waals surface area contributed by atoms with Crippen LogP contribution in [-0.4, -0.2) is 24.4 Å². The predicted molar refractivity (Wildman–Crippen MR) is 80.7 cm³/mol. The van der Waals surface area contributed by atoms with Gasteiger partial charge in [-0.25, -0.2) is 0 Å². The molecule has 1 aromatic carbocycles. The van der Waals surface area contributed by atoms with Crippen LogP contribution in [0.4, 0.5) is 0 Å². The van der Waals surface area contributed by atoms with Crippen LogP contribution in [0.2, 0.25) is 0 Å². The number of benzene rings is 1. The molecule has 0 aliphatic heterocycles. The quantitative estimate of drug-likeness (QED) is 0.622. The maximum atomic E-state index is 11.2. The minimum Gasteiger partial charge on any atom is -0.464 e. The van der Waals surface area contributed by atoms with E-state index < -0.39 is 16.4 Å². The van der Waals surface area contributed by atoms with Gasteiger partial charge in [-0.2, -0.15) is 8.42 Å². The van der Waals surface area contributed by atoms with E-state index in [0.717, 1.165) is 6.42 Å². The van der Waals surface area contributed by atoms with Gasteiger partial charge in [-0.15, -0.1) is 0 Å². The zero-order chi connectivity index (χ0) is 16.3. The highest BCUT2D eigenvalue weighted by Gasteiger charge is 2.21. The summed E-state index contributed by atoms with van der Waals surface area (Å²) in [4.78, 5) is -0.340. The Bertz CT molecular complexity index is 560. The third-order valence-corrected chi connectivity index (χ3v) is 3.85. The SMILES string of the molecule is CC(CC(O)Oc1ccccc1S(=O)(=O)O)CC(C)(C)C. The fourth-order valence-electron chi connectivity index (χ4n) is 2.43. The van der Waals surface area contributed by atoms with Crippen LogP contribution in [0.3, 0.4) is 0 Å². The normalized spacial score (nSPS) is 15.5. The number of aliphatic hydroxyl groups is 1. The summed E-state index contributed by atoms with van der Waals surface area (Å²) in [6.07, 6.45) is 0.176. The van der Waals surface area contributed by atoms with Gasteiger partial charge in [0, 0.05) is 6.42 Å². The Morgan fingerprint density at radius 3 is 2.33 bits per heavy atom. The van der Waals surface area contributed by atoms with Crippen molar-refractivity contribution in [1.82, 2.24) is 0 Å². The van der Waals surface area contributed by atoms with Crippen LogP contribution in [0.25, 0.3) is 0 Å². The van der Waals surface area contributed by atoms with Crippen molar-refractivity contribution in [3.63, 3.8) is 0 Å². The highest BCUT2D eigenvalue weighted by Crippen LogP contribution is 2.28. The van der Waals surface area contributed by atoms with Gasteiger partial charge in [-0.1, -0.05) is 39.8 Å². The molecule has 0 spiro atoms. The maximum Gasteiger partial charge on any atom is 0.298 e. The summed E-state index contributed by atoms with van der Waals surface area (Å²) < 4.78 is 36.9. The van der Waals surface area contributed by atoms with Crippen LogP contribution in [0.15, 0.2) is 29.2 Å². The summed E-state index contributed by atoms with van der Waals surface area (Å²) in [5, 5.41) is 9.96. The van der Waals surface area contributed by atoms with Crippen molar-refractivity contribution in [3.8, 4) is 5.75 Å². The second-order valence-corrected chi connectivity index (χ2v) is 7.99. The Kier molecular flexibility index (Phi) is 5.78. The molecule has 5 nitrogen and oxygen atoms in total. The van der Waals surface area contributed by atoms with Crippen LogP contribution in [0, 0.1) is 11.3 Å². The Morgan fingerprint density at radius 2 is 1.81 bits per heavy atom. The molecule has 6 heteroatoms. The lowest BCUT2D eigenvalue weighted by Crippen LogP contribution is -2.22. The van der Waals surface area contributed by atoms with Crippen molar-refractivity contribution in [3.05, 3.63) is 24.3 Å². The molecule has 0 radical (unpaired) electrons. The molecule has 0 bridgehead atoms. The molecule has 120 valence electrons. The van der Waals surface area contributed by atoms with E-state index in [1.807, 2.05) is 6.92 Å². The number of hydrogen-bond donors (Lipinski definition) is 2. The van der Waals surface area contributed by atoms with Gasteiger partial charge in [0.1, 0.15) is 10.6 Å². The van der Waals surface area contributed by atoms with Crippen molar-refractivity contribution < 1.29 is 22.8 Å². The first-order valence-electron chi connectivity index (χ1n) is 6.90. The highest BCUT2D eigenvalue weighted by molar-refractivity contribution is 7.86. The lowest BCUT2D eigenvalue weighted by Gasteiger charge is -2.25. The predicted octanol–water partition coefficient (Wildman–Crippen LogP) is 3.09. The zero-order valence-corrected chi connectivity index (χ0v) is 13.7. The number of hydrogen-bond acceptors (Lipinski definition) is 4. The molecule has 21 heavy (non-hydrogen) atoms. The van der Waals surface area contributed by atoms with Crippen LogP contribution >= 0.6 is 0 Å². The minimum absolute atomic E-state index is 0.0459. The lowest BCUT2D eigenvalue weighted by molar-refractivity contribution is -0.0377. The largest absolute Gasteiger partial charge is 0.464 e. The van der Waals surface area contributed by atoms with E-state index in [2.05, 4.69) is 20.8 Å². The topological polar surface area (TPSA) is 83.8 Å². The van der Waals surface area contributed by atoms with Crippen molar-refractivity contribution in [2.75, 3.05) is 0 Å². The van der Waals surface area contributed by atoms with Crippen molar-refractivity contribution in [1.29, 1.82) is 0 Å². The highest BCUT2D eigenvalue weighted by atomic mass is 32.2. The van der Waals surface area contributed by atoms with Crippen LogP contribution in [0.5, 0.6) is 5.75 Å². The first-order chi connectivity index (χ1) is 9.49. The molecule has 2 atom stereocenters. The van der Waals surface area contributed by atoms with E-state index in [4.69, 9.17) is 9.29 Å². The van der Waals surface area contributed by atoms with Gasteiger partial charge in [0.25, 0.3) is 10.1 Å². The van der Waals surface area contributed by atoms with Crippen LogP contribution in [-0.2, 0) is 10.1 Å². The van der Waals surface area contributed by atoms with Crippen molar-refractivity contribution in [2.24, 2.45) is 11.3 Å². The Hall–Kier alpha value is -1.11. The average Bonchev–Trinajstić information content (AvgIpc) is 2.24. The van der Waals surface area contributed by atoms with Gasteiger partial charge < -0.3 is 9.84 Å². The zero-order valence-electron chi connectivity index (χ0n) is 12.9. The van der Waals surface area contributed by atoms with Crippen molar-refractivity contribution in [2.45, 2.75) is 51.7 Å². The smallest absolute Gasteiger partial charge is 0.298 e. The molecule has 0 aliphatic carbocycles. The van der Waals surface area contributed by atoms with E-state index in [1.165, 1.54) is 18.2 Å². The fraction of sp³-hybridized carbons (Fsp3) is 0.600. The monoisotopic (exact) mass is 316 g/mol. The molecular weight excluding hydrogens is 292 g/mol. The third-order valence-electron chi connectivity index (χ3n) is 2.95. The summed E-state index contributed by atoms with van der Waals surface area (Å²) >= 11 is 0. The molecule has 2 N–H and O–H groups in total. The summed E-state index contributed by atoms with van der Waals surface area (Å²) in [5.41, 5.74) is 0.144. The van der Waals surface area contributed by atoms with Gasteiger partial charge in [0.2, 0.25) is 0 Å². The summed E-state index contributed by atoms with van der Waals surface area (Å²) in [5.74, 6) is 0.174. The van der Waals surface area contributed by atoms with Gasteiger partial charge >= 0.3 is 0 Å². The number of rotatable bonds is 6. The molecular formula is C15H24O5S. The maximum absolute atomic E-state index is 11.2. The molecule has 0 amide bonds. The van der Waals surface area contributed by atoms with Gasteiger partial charge in [-0.3, -0.25) is 4.55 Å². The van der Waals surface area contributed by atoms with E-state index in [-0.39, 0.29) is 22.0 Å². The Balaban J connectivity index is 2.74. The lowest BCUT2D eigenvalue weighted by atomic mass is 9.84. The van der Waals surface area contributed by atoms with Gasteiger partial charge in [0.05, 0.1) is 0 Å². The number of ether oxygens (including phenoxy) is 1. The fourth-order valence-corrected chi connectivity index (χ4v) is 3.05. The van der Waals surface area contributed by atoms with Crippen molar-refractivity contribution >= 4 is 10.1 Å². The molecule has 1 rings (SSSR count). The average molecular weight is 316 g/mol. The first-order valence-corrected chi connectivity index (χ1v) is 8.34. The summed E-state index contributed by atoms with van der Waals surface area (Å²) in [7, 11) is -4.37. The standard InChI is InChI=1S/C15H24O5S/c1-11(10-15(2,3)4)9-14(16)20-12-7-5-6-8-13(12)21(17,18)19/h5-8,11,14,16H,9-10H2,1-4H3,(H,17,18,19). The van der Waals surface area contributed by atoms with E-state index in [1.54, 1.807) is 6.07 Å². The summed E-state index contributed by atoms with van der Waals surface area (Å²) in [6, 6.07) is 5.69. The van der Waals surface area contributed by atoms with Gasteiger partial charge in [0.15, 0.2) is 6.29 Å². The molecule has 1 aromatic rings. The number of para-hydroxylation sites is 1. The molecule has 0 aromatic heterocycles. The Labute approximate surface area is 126 Å². The van der Waals surface area contributed by atoms with Gasteiger partial charge in [-0.05, 0) is 29.9 Å². The van der Waals surface area contributed by atoms with Crippen LogP contribution < -0.4 is 4.74 Å². The first kappa shape index (κ1) is 17.9. The van der Waals surface area contributed by atoms with E-state index in [0.29, 0.717) is 6.42 Å². The second-order valence-electron chi connectivity index (χ2n) is 6.60. The van der Waals surface area contributed by atoms with Crippen LogP contribution in [0.1, 0.15) is 40.5 Å². The molecule has 0 saturated heterocycles. The Morgan fingerprint density at radius 1 is 1.24 bits per heavy atom. The molecule has 0 fully saturated rings. The molecule has 0 aliphatic rings. The van der Waals surface area contributed by atoms with E-state index >= 15 is 0 Å². The number of aliphatic hydroxyl groups excluding tert-OH is 1. The summed E-state index contributed by atoms with van der Waals surface area (Å²) in [6.45, 7) is 8.35. The molecule has 2 unspecified atom stereocenters. The molecule has 0 saturated carbocycles. The third kappa shape index (κ3) is 6.46. The second kappa shape index (κ2) is 6.77. The molecule has 0 heterocycles. The van der Waals surface area contributed by atoms with E-state index in [9.17, 15) is 13.5 Å².